The van der Waals surface area contributed by atoms with Crippen molar-refractivity contribution in [2.24, 2.45) is 0 Å². The molecule has 0 amide bonds. The molecule has 0 N–H and O–H groups in total. The normalized spacial score (nSPS) is 10.8. The SMILES string of the molecule is CCCOc1cc(C)nc(N(CCCCl)C(C)C)n1. The van der Waals surface area contributed by atoms with Crippen LogP contribution in [0.3, 0.4) is 0 Å². The van der Waals surface area contributed by atoms with Crippen LogP contribution in [0.25, 0.3) is 0 Å². The van der Waals surface area contributed by atoms with E-state index in [1.165, 1.54) is 0 Å². The van der Waals surface area contributed by atoms with Crippen molar-refractivity contribution in [1.82, 2.24) is 9.97 Å². The molecule has 1 rings (SSSR count). The smallest absolute Gasteiger partial charge is 0.229 e. The highest BCUT2D eigenvalue weighted by atomic mass is 35.5. The Morgan fingerprint density at radius 1 is 1.37 bits per heavy atom. The summed E-state index contributed by atoms with van der Waals surface area (Å²) in [5, 5.41) is 0. The number of halogens is 1. The summed E-state index contributed by atoms with van der Waals surface area (Å²) in [6, 6.07) is 2.21. The van der Waals surface area contributed by atoms with Crippen molar-refractivity contribution in [1.29, 1.82) is 0 Å². The van der Waals surface area contributed by atoms with Crippen LogP contribution in [0.4, 0.5) is 5.95 Å². The van der Waals surface area contributed by atoms with Gasteiger partial charge in [-0.05, 0) is 33.6 Å². The fraction of sp³-hybridized carbons (Fsp3) is 0.714. The van der Waals surface area contributed by atoms with Gasteiger partial charge in [0.25, 0.3) is 0 Å². The van der Waals surface area contributed by atoms with Crippen LogP contribution in [-0.4, -0.2) is 35.0 Å². The quantitative estimate of drug-likeness (QED) is 0.686. The summed E-state index contributed by atoms with van der Waals surface area (Å²) >= 11 is 5.78. The second-order valence-electron chi connectivity index (χ2n) is 4.83. The van der Waals surface area contributed by atoms with Crippen LogP contribution in [0, 0.1) is 6.92 Å². The molecule has 1 aromatic rings. The van der Waals surface area contributed by atoms with E-state index in [4.69, 9.17) is 16.3 Å². The maximum Gasteiger partial charge on any atom is 0.229 e. The Labute approximate surface area is 121 Å². The first-order chi connectivity index (χ1) is 9.08. The second kappa shape index (κ2) is 8.20. The lowest BCUT2D eigenvalue weighted by Crippen LogP contribution is -2.33. The molecule has 0 fully saturated rings. The minimum absolute atomic E-state index is 0.337. The molecule has 5 heteroatoms. The van der Waals surface area contributed by atoms with Gasteiger partial charge in [0.2, 0.25) is 11.8 Å². The fourth-order valence-corrected chi connectivity index (χ4v) is 1.87. The molecule has 0 saturated heterocycles. The minimum atomic E-state index is 0.337. The van der Waals surface area contributed by atoms with Gasteiger partial charge in [-0.3, -0.25) is 0 Å². The van der Waals surface area contributed by atoms with Gasteiger partial charge in [0, 0.05) is 30.2 Å². The van der Waals surface area contributed by atoms with Gasteiger partial charge in [0.1, 0.15) is 0 Å². The Morgan fingerprint density at radius 2 is 2.11 bits per heavy atom. The molecule has 0 bridgehead atoms. The summed E-state index contributed by atoms with van der Waals surface area (Å²) in [7, 11) is 0. The molecule has 0 aliphatic heterocycles. The molecule has 108 valence electrons. The van der Waals surface area contributed by atoms with Crippen molar-refractivity contribution >= 4 is 17.5 Å². The Hall–Kier alpha value is -1.03. The maximum absolute atomic E-state index is 5.78. The molecule has 0 radical (unpaired) electrons. The number of ether oxygens (including phenoxy) is 1. The number of anilines is 1. The van der Waals surface area contributed by atoms with Crippen molar-refractivity contribution in [2.75, 3.05) is 23.9 Å². The summed E-state index contributed by atoms with van der Waals surface area (Å²) in [5.74, 6) is 2.03. The Bertz CT molecular complexity index is 385. The van der Waals surface area contributed by atoms with E-state index in [-0.39, 0.29) is 0 Å². The average Bonchev–Trinajstić information content (AvgIpc) is 2.36. The lowest BCUT2D eigenvalue weighted by molar-refractivity contribution is 0.304. The highest BCUT2D eigenvalue weighted by Crippen LogP contribution is 2.18. The van der Waals surface area contributed by atoms with E-state index in [1.807, 2.05) is 13.0 Å². The van der Waals surface area contributed by atoms with Crippen molar-refractivity contribution in [3.63, 3.8) is 0 Å². The van der Waals surface area contributed by atoms with E-state index >= 15 is 0 Å². The van der Waals surface area contributed by atoms with Crippen LogP contribution < -0.4 is 9.64 Å². The van der Waals surface area contributed by atoms with Gasteiger partial charge in [-0.2, -0.15) is 4.98 Å². The zero-order chi connectivity index (χ0) is 14.3. The molecule has 0 saturated carbocycles. The Morgan fingerprint density at radius 3 is 2.68 bits per heavy atom. The van der Waals surface area contributed by atoms with Gasteiger partial charge >= 0.3 is 0 Å². The number of nitrogens with zero attached hydrogens (tertiary/aromatic N) is 3. The molecule has 0 aromatic carbocycles. The molecule has 1 heterocycles. The van der Waals surface area contributed by atoms with Gasteiger partial charge in [-0.15, -0.1) is 11.6 Å². The first-order valence-corrected chi connectivity index (χ1v) is 7.43. The highest BCUT2D eigenvalue weighted by molar-refractivity contribution is 6.17. The maximum atomic E-state index is 5.78. The van der Waals surface area contributed by atoms with Crippen LogP contribution in [0.1, 0.15) is 39.3 Å². The molecule has 0 spiro atoms. The molecule has 1 aromatic heterocycles. The van der Waals surface area contributed by atoms with Gasteiger partial charge in [-0.25, -0.2) is 4.98 Å². The molecule has 0 unspecified atom stereocenters. The number of alkyl halides is 1. The average molecular weight is 286 g/mol. The fourth-order valence-electron chi connectivity index (χ4n) is 1.75. The predicted molar refractivity (Wildman–Crippen MR) is 80.4 cm³/mol. The lowest BCUT2D eigenvalue weighted by atomic mass is 10.3. The number of rotatable bonds is 8. The van der Waals surface area contributed by atoms with E-state index < -0.39 is 0 Å². The number of aromatic nitrogens is 2. The first-order valence-electron chi connectivity index (χ1n) is 6.89. The number of hydrogen-bond acceptors (Lipinski definition) is 4. The van der Waals surface area contributed by atoms with E-state index in [2.05, 4.69) is 35.6 Å². The predicted octanol–water partition coefficient (Wildman–Crippen LogP) is 3.42. The van der Waals surface area contributed by atoms with Crippen LogP contribution >= 0.6 is 11.6 Å². The second-order valence-corrected chi connectivity index (χ2v) is 5.20. The topological polar surface area (TPSA) is 38.2 Å². The Balaban J connectivity index is 2.91. The number of aryl methyl sites for hydroxylation is 1. The standard InChI is InChI=1S/C14H24ClN3O/c1-5-9-19-13-10-12(4)16-14(17-13)18(11(2)3)8-6-7-15/h10-11H,5-9H2,1-4H3. The van der Waals surface area contributed by atoms with Crippen molar-refractivity contribution < 1.29 is 4.74 Å². The van der Waals surface area contributed by atoms with Crippen molar-refractivity contribution in [2.45, 2.75) is 46.6 Å². The van der Waals surface area contributed by atoms with Crippen LogP contribution in [0.15, 0.2) is 6.07 Å². The molecule has 0 atom stereocenters. The molecule has 19 heavy (non-hydrogen) atoms. The summed E-state index contributed by atoms with van der Waals surface area (Å²) in [6.45, 7) is 9.84. The van der Waals surface area contributed by atoms with E-state index in [1.54, 1.807) is 0 Å². The zero-order valence-corrected chi connectivity index (χ0v) is 13.1. The third-order valence-corrected chi connectivity index (χ3v) is 2.95. The van der Waals surface area contributed by atoms with Gasteiger partial charge in [0.15, 0.2) is 0 Å². The third kappa shape index (κ3) is 5.23. The summed E-state index contributed by atoms with van der Waals surface area (Å²) in [6.07, 6.45) is 1.89. The molecular weight excluding hydrogens is 262 g/mol. The van der Waals surface area contributed by atoms with E-state index in [0.717, 1.165) is 31.0 Å². The van der Waals surface area contributed by atoms with Crippen LogP contribution in [-0.2, 0) is 0 Å². The van der Waals surface area contributed by atoms with Crippen LogP contribution in [0.2, 0.25) is 0 Å². The minimum Gasteiger partial charge on any atom is -0.478 e. The monoisotopic (exact) mass is 285 g/mol. The van der Waals surface area contributed by atoms with Gasteiger partial charge < -0.3 is 9.64 Å². The molecule has 4 nitrogen and oxygen atoms in total. The van der Waals surface area contributed by atoms with E-state index in [0.29, 0.717) is 24.4 Å². The lowest BCUT2D eigenvalue weighted by Gasteiger charge is -2.27. The number of hydrogen-bond donors (Lipinski definition) is 0. The summed E-state index contributed by atoms with van der Waals surface area (Å²) in [5.41, 5.74) is 0.924. The van der Waals surface area contributed by atoms with Crippen molar-refractivity contribution in [3.8, 4) is 5.88 Å². The molecule has 0 aliphatic carbocycles. The first kappa shape index (κ1) is 16.0. The largest absolute Gasteiger partial charge is 0.478 e. The van der Waals surface area contributed by atoms with Crippen molar-refractivity contribution in [3.05, 3.63) is 11.8 Å². The van der Waals surface area contributed by atoms with Crippen LogP contribution in [0.5, 0.6) is 5.88 Å². The van der Waals surface area contributed by atoms with Gasteiger partial charge in [0.05, 0.1) is 6.61 Å². The summed E-state index contributed by atoms with van der Waals surface area (Å²) in [4.78, 5) is 11.2. The third-order valence-electron chi connectivity index (χ3n) is 2.69. The highest BCUT2D eigenvalue weighted by Gasteiger charge is 2.14. The van der Waals surface area contributed by atoms with E-state index in [9.17, 15) is 0 Å². The Kier molecular flexibility index (Phi) is 6.92. The zero-order valence-electron chi connectivity index (χ0n) is 12.3. The molecule has 0 aliphatic rings. The molecular formula is C14H24ClN3O. The van der Waals surface area contributed by atoms with Gasteiger partial charge in [-0.1, -0.05) is 6.92 Å². The summed E-state index contributed by atoms with van der Waals surface area (Å²) < 4.78 is 5.61.